The van der Waals surface area contributed by atoms with E-state index in [1.54, 1.807) is 18.2 Å². The summed E-state index contributed by atoms with van der Waals surface area (Å²) < 4.78 is 6.33. The van der Waals surface area contributed by atoms with Gasteiger partial charge in [-0.1, -0.05) is 49.1 Å². The first-order valence-corrected chi connectivity index (χ1v) is 6.63. The zero-order valence-corrected chi connectivity index (χ0v) is 11.9. The van der Waals surface area contributed by atoms with Crippen molar-refractivity contribution in [1.29, 1.82) is 0 Å². The Bertz CT molecular complexity index is 591. The highest BCUT2D eigenvalue weighted by molar-refractivity contribution is 9.10. The average Bonchev–Trinajstić information content (AvgIpc) is 2.46. The molecule has 0 heterocycles. The molecule has 0 unspecified atom stereocenters. The fourth-order valence-electron chi connectivity index (χ4n) is 1.61. The van der Waals surface area contributed by atoms with Gasteiger partial charge < -0.3 is 4.74 Å². The molecule has 0 aliphatic carbocycles. The van der Waals surface area contributed by atoms with Crippen molar-refractivity contribution in [2.24, 2.45) is 0 Å². The largest absolute Gasteiger partial charge is 0.484 e. The molecule has 0 saturated carbocycles. The molecular formula is C16H13BrO2. The average molecular weight is 317 g/mol. The zero-order valence-electron chi connectivity index (χ0n) is 10.3. The number of carbonyl (C=O) groups excluding carboxylic acids is 1. The van der Waals surface area contributed by atoms with Crippen molar-refractivity contribution in [2.75, 3.05) is 6.61 Å². The molecule has 0 aliphatic rings. The summed E-state index contributed by atoms with van der Waals surface area (Å²) in [5.41, 5.74) is 1.65. The molecular weight excluding hydrogens is 304 g/mol. The third-order valence-electron chi connectivity index (χ3n) is 2.65. The molecule has 96 valence electrons. The SMILES string of the molecule is C=Cc1ccc(OCC(=O)c2ccccc2)c(Br)c1. The number of carbonyl (C=O) groups is 1. The van der Waals surface area contributed by atoms with Gasteiger partial charge in [0.2, 0.25) is 0 Å². The Kier molecular flexibility index (Phi) is 4.53. The van der Waals surface area contributed by atoms with E-state index in [1.165, 1.54) is 0 Å². The maximum absolute atomic E-state index is 11.9. The van der Waals surface area contributed by atoms with Crippen LogP contribution in [0.3, 0.4) is 0 Å². The first-order chi connectivity index (χ1) is 9.20. The molecule has 19 heavy (non-hydrogen) atoms. The Morgan fingerprint density at radius 1 is 1.21 bits per heavy atom. The Labute approximate surface area is 120 Å². The minimum atomic E-state index is -0.0414. The molecule has 0 spiro atoms. The molecule has 2 nitrogen and oxygen atoms in total. The van der Waals surface area contributed by atoms with Crippen LogP contribution in [-0.2, 0) is 0 Å². The third-order valence-corrected chi connectivity index (χ3v) is 3.27. The van der Waals surface area contributed by atoms with Crippen molar-refractivity contribution in [3.63, 3.8) is 0 Å². The van der Waals surface area contributed by atoms with Gasteiger partial charge in [0.1, 0.15) is 5.75 Å². The van der Waals surface area contributed by atoms with Gasteiger partial charge >= 0.3 is 0 Å². The van der Waals surface area contributed by atoms with Crippen molar-refractivity contribution >= 4 is 27.8 Å². The summed E-state index contributed by atoms with van der Waals surface area (Å²) in [6.45, 7) is 3.72. The van der Waals surface area contributed by atoms with Crippen molar-refractivity contribution in [2.45, 2.75) is 0 Å². The highest BCUT2D eigenvalue weighted by atomic mass is 79.9. The quantitative estimate of drug-likeness (QED) is 0.766. The van der Waals surface area contributed by atoms with Crippen LogP contribution >= 0.6 is 15.9 Å². The van der Waals surface area contributed by atoms with E-state index in [9.17, 15) is 4.79 Å². The van der Waals surface area contributed by atoms with Crippen molar-refractivity contribution in [3.8, 4) is 5.75 Å². The number of benzene rings is 2. The van der Waals surface area contributed by atoms with E-state index >= 15 is 0 Å². The molecule has 0 aromatic heterocycles. The lowest BCUT2D eigenvalue weighted by Gasteiger charge is -2.08. The van der Waals surface area contributed by atoms with Gasteiger partial charge in [0.25, 0.3) is 0 Å². The topological polar surface area (TPSA) is 26.3 Å². The van der Waals surface area contributed by atoms with E-state index in [0.717, 1.165) is 10.0 Å². The lowest BCUT2D eigenvalue weighted by Crippen LogP contribution is -2.11. The maximum atomic E-state index is 11.9. The summed E-state index contributed by atoms with van der Waals surface area (Å²) in [5.74, 6) is 0.607. The third kappa shape index (κ3) is 3.55. The molecule has 2 rings (SSSR count). The van der Waals surface area contributed by atoms with Crippen LogP contribution in [0.15, 0.2) is 59.6 Å². The fraction of sp³-hybridized carbons (Fsp3) is 0.0625. The smallest absolute Gasteiger partial charge is 0.200 e. The summed E-state index contributed by atoms with van der Waals surface area (Å²) in [6, 6.07) is 14.7. The molecule has 0 aliphatic heterocycles. The van der Waals surface area contributed by atoms with Crippen LogP contribution in [0, 0.1) is 0 Å². The molecule has 2 aromatic carbocycles. The predicted octanol–water partition coefficient (Wildman–Crippen LogP) is 4.35. The lowest BCUT2D eigenvalue weighted by molar-refractivity contribution is 0.0921. The molecule has 0 saturated heterocycles. The number of halogens is 1. The fourth-order valence-corrected chi connectivity index (χ4v) is 2.12. The van der Waals surface area contributed by atoms with E-state index in [2.05, 4.69) is 22.5 Å². The summed E-state index contributed by atoms with van der Waals surface area (Å²) >= 11 is 3.41. The highest BCUT2D eigenvalue weighted by Crippen LogP contribution is 2.26. The van der Waals surface area contributed by atoms with Crippen LogP contribution in [0.2, 0.25) is 0 Å². The van der Waals surface area contributed by atoms with E-state index in [4.69, 9.17) is 4.74 Å². The summed E-state index contributed by atoms with van der Waals surface area (Å²) in [4.78, 5) is 11.9. The Morgan fingerprint density at radius 2 is 1.95 bits per heavy atom. The van der Waals surface area contributed by atoms with Crippen LogP contribution in [0.4, 0.5) is 0 Å². The van der Waals surface area contributed by atoms with Crippen LogP contribution in [-0.4, -0.2) is 12.4 Å². The molecule has 0 atom stereocenters. The van der Waals surface area contributed by atoms with Gasteiger partial charge in [-0.3, -0.25) is 4.79 Å². The summed E-state index contributed by atoms with van der Waals surface area (Å²) in [6.07, 6.45) is 1.75. The van der Waals surface area contributed by atoms with Gasteiger partial charge in [0, 0.05) is 5.56 Å². The van der Waals surface area contributed by atoms with Gasteiger partial charge in [-0.15, -0.1) is 0 Å². The van der Waals surface area contributed by atoms with Crippen LogP contribution in [0.1, 0.15) is 15.9 Å². The second-order valence-electron chi connectivity index (χ2n) is 3.97. The van der Waals surface area contributed by atoms with Gasteiger partial charge in [0.05, 0.1) is 4.47 Å². The number of hydrogen-bond acceptors (Lipinski definition) is 2. The van der Waals surface area contributed by atoms with Gasteiger partial charge in [-0.25, -0.2) is 0 Å². The van der Waals surface area contributed by atoms with E-state index in [0.29, 0.717) is 11.3 Å². The molecule has 3 heteroatoms. The van der Waals surface area contributed by atoms with Gasteiger partial charge in [-0.05, 0) is 33.6 Å². The minimum Gasteiger partial charge on any atom is -0.484 e. The Hall–Kier alpha value is -1.87. The number of Topliss-reactive ketones (excluding diaryl/α,β-unsaturated/α-hetero) is 1. The predicted molar refractivity (Wildman–Crippen MR) is 80.5 cm³/mol. The normalized spacial score (nSPS) is 9.95. The monoisotopic (exact) mass is 316 g/mol. The standard InChI is InChI=1S/C16H13BrO2/c1-2-12-8-9-16(14(17)10-12)19-11-15(18)13-6-4-3-5-7-13/h2-10H,1,11H2. The maximum Gasteiger partial charge on any atom is 0.200 e. The molecule has 0 fully saturated rings. The summed E-state index contributed by atoms with van der Waals surface area (Å²) in [7, 11) is 0. The minimum absolute atomic E-state index is 0.0239. The number of ketones is 1. The molecule has 0 radical (unpaired) electrons. The summed E-state index contributed by atoms with van der Waals surface area (Å²) in [5, 5.41) is 0. The highest BCUT2D eigenvalue weighted by Gasteiger charge is 2.08. The Morgan fingerprint density at radius 3 is 2.58 bits per heavy atom. The Balaban J connectivity index is 2.03. The zero-order chi connectivity index (χ0) is 13.7. The lowest BCUT2D eigenvalue weighted by atomic mass is 10.1. The van der Waals surface area contributed by atoms with E-state index in [-0.39, 0.29) is 12.4 Å². The van der Waals surface area contributed by atoms with Crippen LogP contribution < -0.4 is 4.74 Å². The van der Waals surface area contributed by atoms with Crippen LogP contribution in [0.25, 0.3) is 6.08 Å². The second-order valence-corrected chi connectivity index (χ2v) is 4.83. The molecule has 0 amide bonds. The van der Waals surface area contributed by atoms with E-state index < -0.39 is 0 Å². The van der Waals surface area contributed by atoms with E-state index in [1.807, 2.05) is 36.4 Å². The first kappa shape index (κ1) is 13.6. The van der Waals surface area contributed by atoms with Gasteiger partial charge in [-0.2, -0.15) is 0 Å². The van der Waals surface area contributed by atoms with Crippen molar-refractivity contribution in [1.82, 2.24) is 0 Å². The van der Waals surface area contributed by atoms with Crippen LogP contribution in [0.5, 0.6) is 5.75 Å². The van der Waals surface area contributed by atoms with Crippen molar-refractivity contribution in [3.05, 3.63) is 70.7 Å². The van der Waals surface area contributed by atoms with Gasteiger partial charge in [0.15, 0.2) is 12.4 Å². The molecule has 0 bridgehead atoms. The number of ether oxygens (including phenoxy) is 1. The molecule has 0 N–H and O–H groups in total. The second kappa shape index (κ2) is 6.34. The molecule has 2 aromatic rings. The number of hydrogen-bond donors (Lipinski definition) is 0. The van der Waals surface area contributed by atoms with Crippen molar-refractivity contribution < 1.29 is 9.53 Å². The first-order valence-electron chi connectivity index (χ1n) is 5.84. The number of rotatable bonds is 5.